The van der Waals surface area contributed by atoms with Gasteiger partial charge < -0.3 is 10.1 Å². The maximum Gasteiger partial charge on any atom is 0.262 e. The van der Waals surface area contributed by atoms with Gasteiger partial charge >= 0.3 is 0 Å². The fourth-order valence-electron chi connectivity index (χ4n) is 2.66. The Kier molecular flexibility index (Phi) is 9.09. The van der Waals surface area contributed by atoms with E-state index in [1.165, 1.54) is 6.21 Å². The summed E-state index contributed by atoms with van der Waals surface area (Å²) in [6, 6.07) is 13.1. The lowest BCUT2D eigenvalue weighted by molar-refractivity contribution is -0.123. The minimum absolute atomic E-state index is 0.197. The topological polar surface area (TPSA) is 79.8 Å². The van der Waals surface area contributed by atoms with Gasteiger partial charge in [0.25, 0.3) is 11.8 Å². The van der Waals surface area contributed by atoms with Gasteiger partial charge in [-0.3, -0.25) is 9.59 Å². The van der Waals surface area contributed by atoms with E-state index in [-0.39, 0.29) is 11.8 Å². The number of hydrazone groups is 1. The normalized spacial score (nSPS) is 11.9. The summed E-state index contributed by atoms with van der Waals surface area (Å²) in [4.78, 5) is 25.1. The molecule has 2 aromatic carbocycles. The highest BCUT2D eigenvalue weighted by molar-refractivity contribution is 6.30. The first kappa shape index (κ1) is 23.2. The number of nitrogens with zero attached hydrogens (tertiary/aromatic N) is 1. The minimum Gasteiger partial charge on any atom is -0.489 e. The van der Waals surface area contributed by atoms with Crippen LogP contribution in [0.4, 0.5) is 0 Å². The molecule has 7 heteroatoms. The molecule has 0 heterocycles. The Labute approximate surface area is 182 Å². The molecule has 0 bridgehead atoms. The van der Waals surface area contributed by atoms with Crippen molar-refractivity contribution in [2.45, 2.75) is 26.3 Å². The van der Waals surface area contributed by atoms with Crippen LogP contribution in [0.5, 0.6) is 5.75 Å². The van der Waals surface area contributed by atoms with Gasteiger partial charge in [0, 0.05) is 16.1 Å². The molecule has 0 saturated carbocycles. The van der Waals surface area contributed by atoms with E-state index in [0.717, 1.165) is 0 Å². The van der Waals surface area contributed by atoms with Crippen LogP contribution in [0, 0.1) is 5.92 Å². The lowest BCUT2D eigenvalue weighted by atomic mass is 10.0. The fourth-order valence-corrected chi connectivity index (χ4v) is 2.78. The largest absolute Gasteiger partial charge is 0.489 e. The van der Waals surface area contributed by atoms with Crippen molar-refractivity contribution >= 4 is 29.6 Å². The smallest absolute Gasteiger partial charge is 0.262 e. The Morgan fingerprint density at radius 3 is 2.53 bits per heavy atom. The Balaban J connectivity index is 2.04. The summed E-state index contributed by atoms with van der Waals surface area (Å²) in [7, 11) is 0. The number of benzene rings is 2. The van der Waals surface area contributed by atoms with Crippen molar-refractivity contribution in [1.82, 2.24) is 10.7 Å². The number of halogens is 1. The van der Waals surface area contributed by atoms with Gasteiger partial charge in [-0.1, -0.05) is 50.2 Å². The molecule has 2 rings (SSSR count). The van der Waals surface area contributed by atoms with E-state index in [2.05, 4.69) is 22.4 Å². The summed E-state index contributed by atoms with van der Waals surface area (Å²) in [5.74, 6) is 0.0832. The molecule has 0 aliphatic rings. The van der Waals surface area contributed by atoms with E-state index in [1.54, 1.807) is 36.4 Å². The monoisotopic (exact) mass is 427 g/mol. The number of rotatable bonds is 10. The SMILES string of the molecule is C=CCOc1ccccc1C=NNC(=O)C(CC(C)C)NC(=O)c1ccc(Cl)cc1. The zero-order valence-electron chi connectivity index (χ0n) is 17.1. The summed E-state index contributed by atoms with van der Waals surface area (Å²) >= 11 is 5.86. The second kappa shape index (κ2) is 11.8. The van der Waals surface area contributed by atoms with Crippen LogP contribution >= 0.6 is 11.6 Å². The lowest BCUT2D eigenvalue weighted by Crippen LogP contribution is -2.46. The second-order valence-corrected chi connectivity index (χ2v) is 7.47. The molecule has 0 aromatic heterocycles. The summed E-state index contributed by atoms with van der Waals surface area (Å²) in [5, 5.41) is 7.34. The van der Waals surface area contributed by atoms with E-state index in [9.17, 15) is 9.59 Å². The van der Waals surface area contributed by atoms with Gasteiger partial charge in [0.2, 0.25) is 0 Å². The minimum atomic E-state index is -0.724. The maximum absolute atomic E-state index is 12.6. The molecule has 0 aliphatic heterocycles. The zero-order chi connectivity index (χ0) is 21.9. The predicted octanol–water partition coefficient (Wildman–Crippen LogP) is 4.20. The number of nitrogens with one attached hydrogen (secondary N) is 2. The number of carbonyl (C=O) groups is 2. The number of hydrogen-bond acceptors (Lipinski definition) is 4. The lowest BCUT2D eigenvalue weighted by Gasteiger charge is -2.19. The van der Waals surface area contributed by atoms with Crippen molar-refractivity contribution in [3.8, 4) is 5.75 Å². The van der Waals surface area contributed by atoms with Gasteiger partial charge in [0.1, 0.15) is 18.4 Å². The van der Waals surface area contributed by atoms with Crippen molar-refractivity contribution < 1.29 is 14.3 Å². The molecular formula is C23H26ClN3O3. The Bertz CT molecular complexity index is 895. The van der Waals surface area contributed by atoms with Gasteiger partial charge in [-0.2, -0.15) is 5.10 Å². The molecule has 30 heavy (non-hydrogen) atoms. The van der Waals surface area contributed by atoms with Crippen molar-refractivity contribution in [2.24, 2.45) is 11.0 Å². The molecule has 0 fully saturated rings. The van der Waals surface area contributed by atoms with Crippen LogP contribution in [0.15, 0.2) is 66.3 Å². The van der Waals surface area contributed by atoms with Crippen LogP contribution in [0.25, 0.3) is 0 Å². The molecule has 0 spiro atoms. The van der Waals surface area contributed by atoms with Gasteiger partial charge in [0.05, 0.1) is 6.21 Å². The van der Waals surface area contributed by atoms with Crippen molar-refractivity contribution in [2.75, 3.05) is 6.61 Å². The molecule has 0 saturated heterocycles. The highest BCUT2D eigenvalue weighted by Crippen LogP contribution is 2.16. The Morgan fingerprint density at radius 1 is 1.17 bits per heavy atom. The van der Waals surface area contributed by atoms with E-state index in [1.807, 2.05) is 32.0 Å². The van der Waals surface area contributed by atoms with E-state index in [4.69, 9.17) is 16.3 Å². The van der Waals surface area contributed by atoms with Crippen LogP contribution in [-0.2, 0) is 4.79 Å². The molecule has 2 aromatic rings. The average molecular weight is 428 g/mol. The van der Waals surface area contributed by atoms with Crippen LogP contribution in [-0.4, -0.2) is 30.7 Å². The third-order valence-electron chi connectivity index (χ3n) is 4.09. The molecule has 2 amide bonds. The third-order valence-corrected chi connectivity index (χ3v) is 4.34. The number of para-hydroxylation sites is 1. The number of amides is 2. The maximum atomic E-state index is 12.6. The molecule has 1 atom stereocenters. The summed E-state index contributed by atoms with van der Waals surface area (Å²) in [5.41, 5.74) is 3.65. The quantitative estimate of drug-likeness (QED) is 0.339. The molecule has 0 aliphatic carbocycles. The van der Waals surface area contributed by atoms with Crippen molar-refractivity contribution in [3.05, 3.63) is 77.3 Å². The number of hydrogen-bond donors (Lipinski definition) is 2. The predicted molar refractivity (Wildman–Crippen MR) is 120 cm³/mol. The van der Waals surface area contributed by atoms with E-state index < -0.39 is 11.9 Å². The first-order chi connectivity index (χ1) is 14.4. The Morgan fingerprint density at radius 2 is 1.87 bits per heavy atom. The Hall–Kier alpha value is -3.12. The van der Waals surface area contributed by atoms with Crippen LogP contribution in [0.1, 0.15) is 36.2 Å². The highest BCUT2D eigenvalue weighted by atomic mass is 35.5. The van der Waals surface area contributed by atoms with E-state index >= 15 is 0 Å². The van der Waals surface area contributed by atoms with Crippen molar-refractivity contribution in [3.63, 3.8) is 0 Å². The molecule has 0 radical (unpaired) electrons. The van der Waals surface area contributed by atoms with Crippen LogP contribution < -0.4 is 15.5 Å². The van der Waals surface area contributed by atoms with Gasteiger partial charge in [-0.05, 0) is 48.7 Å². The standard InChI is InChI=1S/C23H26ClN3O3/c1-4-13-30-21-8-6-5-7-18(21)15-25-27-23(29)20(14-16(2)3)26-22(28)17-9-11-19(24)12-10-17/h4-12,15-16,20H,1,13-14H2,2-3H3,(H,26,28)(H,27,29). The summed E-state index contributed by atoms with van der Waals surface area (Å²) in [6.07, 6.45) is 3.62. The third kappa shape index (κ3) is 7.37. The average Bonchev–Trinajstić information content (AvgIpc) is 2.72. The zero-order valence-corrected chi connectivity index (χ0v) is 17.9. The first-order valence-corrected chi connectivity index (χ1v) is 10.0. The van der Waals surface area contributed by atoms with Crippen LogP contribution in [0.3, 0.4) is 0 Å². The highest BCUT2D eigenvalue weighted by Gasteiger charge is 2.22. The summed E-state index contributed by atoms with van der Waals surface area (Å²) in [6.45, 7) is 7.95. The molecule has 6 nitrogen and oxygen atoms in total. The fraction of sp³-hybridized carbons (Fsp3) is 0.261. The van der Waals surface area contributed by atoms with Gasteiger partial charge in [0.15, 0.2) is 0 Å². The summed E-state index contributed by atoms with van der Waals surface area (Å²) < 4.78 is 5.57. The van der Waals surface area contributed by atoms with Crippen molar-refractivity contribution in [1.29, 1.82) is 0 Å². The number of ether oxygens (including phenoxy) is 1. The molecular weight excluding hydrogens is 402 g/mol. The van der Waals surface area contributed by atoms with Gasteiger partial charge in [-0.15, -0.1) is 0 Å². The molecule has 2 N–H and O–H groups in total. The molecule has 158 valence electrons. The number of carbonyl (C=O) groups excluding carboxylic acids is 2. The van der Waals surface area contributed by atoms with Gasteiger partial charge in [-0.25, -0.2) is 5.43 Å². The molecule has 1 unspecified atom stereocenters. The van der Waals surface area contributed by atoms with E-state index in [0.29, 0.717) is 34.9 Å². The second-order valence-electron chi connectivity index (χ2n) is 7.03. The first-order valence-electron chi connectivity index (χ1n) is 9.62. The van der Waals surface area contributed by atoms with Crippen LogP contribution in [0.2, 0.25) is 5.02 Å².